The highest BCUT2D eigenvalue weighted by Crippen LogP contribution is 2.47. The summed E-state index contributed by atoms with van der Waals surface area (Å²) < 4.78 is 2.90. The molecular weight excluding hydrogens is 1070 g/mol. The highest BCUT2D eigenvalue weighted by atomic mass is 127. The van der Waals surface area contributed by atoms with Gasteiger partial charge in [-0.25, -0.2) is 0 Å². The molecular formula is C36H30I4O4S2. The molecule has 4 nitrogen and oxygen atoms in total. The molecule has 2 atom stereocenters. The molecule has 0 heterocycles. The number of halogens is 4. The molecule has 0 bridgehead atoms. The molecule has 0 aliphatic heterocycles. The summed E-state index contributed by atoms with van der Waals surface area (Å²) in [5.41, 5.74) is 6.13. The van der Waals surface area contributed by atoms with Gasteiger partial charge in [0.05, 0.1) is 14.3 Å². The van der Waals surface area contributed by atoms with Crippen LogP contribution in [0.15, 0.2) is 82.6 Å². The molecule has 5 aromatic carbocycles. The van der Waals surface area contributed by atoms with Crippen LogP contribution in [-0.2, 0) is 10.8 Å². The van der Waals surface area contributed by atoms with Gasteiger partial charge in [-0.1, -0.05) is 36.4 Å². The Labute approximate surface area is 334 Å². The van der Waals surface area contributed by atoms with Crippen LogP contribution in [0, 0.1) is 28.1 Å². The van der Waals surface area contributed by atoms with Crippen molar-refractivity contribution >= 4 is 116 Å². The van der Waals surface area contributed by atoms with Crippen molar-refractivity contribution in [3.63, 3.8) is 0 Å². The number of hydrogen-bond donors (Lipinski definition) is 6. The van der Waals surface area contributed by atoms with E-state index in [0.717, 1.165) is 51.6 Å². The number of aryl methyl sites for hydroxylation is 2. The van der Waals surface area contributed by atoms with E-state index in [4.69, 9.17) is 0 Å². The largest absolute Gasteiger partial charge is 0.507 e. The molecule has 46 heavy (non-hydrogen) atoms. The maximum atomic E-state index is 10.6. The van der Waals surface area contributed by atoms with Crippen LogP contribution in [0.2, 0.25) is 0 Å². The van der Waals surface area contributed by atoms with Gasteiger partial charge in [-0.15, -0.1) is 25.3 Å². The summed E-state index contributed by atoms with van der Waals surface area (Å²) in [6.07, 6.45) is 0. The summed E-state index contributed by atoms with van der Waals surface area (Å²) >= 11 is 17.8. The van der Waals surface area contributed by atoms with Crippen molar-refractivity contribution in [1.82, 2.24) is 0 Å². The fraction of sp³-hybridized carbons (Fsp3) is 0.167. The summed E-state index contributed by atoms with van der Waals surface area (Å²) in [6.45, 7) is 8.10. The molecule has 5 rings (SSSR count). The molecule has 0 aliphatic rings. The van der Waals surface area contributed by atoms with Gasteiger partial charge >= 0.3 is 0 Å². The zero-order chi connectivity index (χ0) is 33.9. The second-order valence-electron chi connectivity index (χ2n) is 11.7. The van der Waals surface area contributed by atoms with E-state index in [1.807, 2.05) is 62.4 Å². The van der Waals surface area contributed by atoms with E-state index in [2.05, 4.69) is 154 Å². The third-order valence-electron chi connectivity index (χ3n) is 8.94. The first kappa shape index (κ1) is 36.2. The van der Waals surface area contributed by atoms with Crippen LogP contribution >= 0.6 is 116 Å². The van der Waals surface area contributed by atoms with E-state index in [0.29, 0.717) is 16.9 Å². The molecule has 0 aliphatic carbocycles. The van der Waals surface area contributed by atoms with E-state index >= 15 is 0 Å². The standard InChI is InChI=1S/C36H30I4O4S2/c1-17-9-21(11-25(37)31(17)41)35(3,23-13-27(39)33(43)29(45)15-23)19-5-7-20(8-6-19)36(4,22-10-18(2)32(42)26(38)12-22)24-14-28(40)34(44)30(46)16-24/h5-16,41-46H,1-4H3. The number of benzene rings is 5. The number of thiol groups is 2. The summed E-state index contributed by atoms with van der Waals surface area (Å²) in [4.78, 5) is 0.980. The van der Waals surface area contributed by atoms with Crippen LogP contribution in [0.25, 0.3) is 0 Å². The average Bonchev–Trinajstić information content (AvgIpc) is 3.02. The van der Waals surface area contributed by atoms with Crippen molar-refractivity contribution in [2.45, 2.75) is 48.3 Å². The van der Waals surface area contributed by atoms with Crippen molar-refractivity contribution in [2.24, 2.45) is 0 Å². The number of phenolic OH excluding ortho intramolecular Hbond substituents is 4. The second-order valence-corrected chi connectivity index (χ2v) is 17.3. The zero-order valence-electron chi connectivity index (χ0n) is 25.1. The van der Waals surface area contributed by atoms with Gasteiger partial charge in [0, 0.05) is 20.6 Å². The van der Waals surface area contributed by atoms with Crippen molar-refractivity contribution in [3.05, 3.63) is 132 Å². The van der Waals surface area contributed by atoms with Crippen molar-refractivity contribution in [1.29, 1.82) is 0 Å². The molecule has 0 aromatic heterocycles. The number of phenols is 4. The Morgan fingerprint density at radius 1 is 0.435 bits per heavy atom. The lowest BCUT2D eigenvalue weighted by Crippen LogP contribution is -2.28. The SMILES string of the molecule is Cc1cc(C(C)(c2ccc(C(C)(c3cc(C)c(O)c(I)c3)c3cc(S)c(O)c(I)c3)cc2)c2cc(S)c(O)c(I)c2)cc(I)c1O. The predicted molar refractivity (Wildman–Crippen MR) is 225 cm³/mol. The molecule has 2 unspecified atom stereocenters. The fourth-order valence-corrected chi connectivity index (χ4v) is 9.65. The third-order valence-corrected chi connectivity index (χ3v) is 12.9. The molecule has 0 radical (unpaired) electrons. The Morgan fingerprint density at radius 2 is 0.696 bits per heavy atom. The number of aromatic hydroxyl groups is 4. The minimum Gasteiger partial charge on any atom is -0.507 e. The Morgan fingerprint density at radius 3 is 0.957 bits per heavy atom. The van der Waals surface area contributed by atoms with E-state index in [-0.39, 0.29) is 23.0 Å². The molecule has 4 N–H and O–H groups in total. The molecule has 238 valence electrons. The van der Waals surface area contributed by atoms with Crippen molar-refractivity contribution in [3.8, 4) is 23.0 Å². The monoisotopic (exact) mass is 1100 g/mol. The Balaban J connectivity index is 1.78. The summed E-state index contributed by atoms with van der Waals surface area (Å²) in [7, 11) is 0. The van der Waals surface area contributed by atoms with Gasteiger partial charge < -0.3 is 20.4 Å². The van der Waals surface area contributed by atoms with E-state index < -0.39 is 10.8 Å². The lowest BCUT2D eigenvalue weighted by Gasteiger charge is -2.36. The number of hydrogen-bond acceptors (Lipinski definition) is 6. The maximum Gasteiger partial charge on any atom is 0.142 e. The predicted octanol–water partition coefficient (Wildman–Crippen LogP) is 10.8. The van der Waals surface area contributed by atoms with Crippen LogP contribution in [0.5, 0.6) is 23.0 Å². The Kier molecular flexibility index (Phi) is 10.8. The lowest BCUT2D eigenvalue weighted by atomic mass is 9.68. The van der Waals surface area contributed by atoms with E-state index in [1.165, 1.54) is 0 Å². The van der Waals surface area contributed by atoms with Gasteiger partial charge in [0.2, 0.25) is 0 Å². The van der Waals surface area contributed by atoms with Gasteiger partial charge in [-0.3, -0.25) is 0 Å². The lowest BCUT2D eigenvalue weighted by molar-refractivity contribution is 0.457. The summed E-state index contributed by atoms with van der Waals surface area (Å²) in [5.74, 6) is 0.810. The van der Waals surface area contributed by atoms with Gasteiger partial charge in [0.1, 0.15) is 23.0 Å². The molecule has 10 heteroatoms. The van der Waals surface area contributed by atoms with Gasteiger partial charge in [0.25, 0.3) is 0 Å². The molecule has 0 spiro atoms. The highest BCUT2D eigenvalue weighted by molar-refractivity contribution is 14.1. The molecule has 0 saturated heterocycles. The van der Waals surface area contributed by atoms with E-state index in [1.54, 1.807) is 0 Å². The zero-order valence-corrected chi connectivity index (χ0v) is 35.5. The topological polar surface area (TPSA) is 80.9 Å². The smallest absolute Gasteiger partial charge is 0.142 e. The Bertz CT molecular complexity index is 1660. The van der Waals surface area contributed by atoms with Crippen molar-refractivity contribution in [2.75, 3.05) is 0 Å². The van der Waals surface area contributed by atoms with Gasteiger partial charge in [-0.05, 0) is 199 Å². The normalized spacial score (nSPS) is 14.1. The van der Waals surface area contributed by atoms with Gasteiger partial charge in [-0.2, -0.15) is 0 Å². The van der Waals surface area contributed by atoms with Crippen LogP contribution in [0.1, 0.15) is 58.4 Å². The molecule has 0 amide bonds. The second kappa shape index (κ2) is 13.7. The third kappa shape index (κ3) is 6.36. The van der Waals surface area contributed by atoms with Crippen LogP contribution < -0.4 is 0 Å². The van der Waals surface area contributed by atoms with Crippen LogP contribution in [-0.4, -0.2) is 20.4 Å². The number of rotatable bonds is 6. The first-order valence-electron chi connectivity index (χ1n) is 14.0. The summed E-state index contributed by atoms with van der Waals surface area (Å²) in [5, 5.41) is 42.4. The van der Waals surface area contributed by atoms with Crippen LogP contribution in [0.4, 0.5) is 0 Å². The maximum absolute atomic E-state index is 10.6. The van der Waals surface area contributed by atoms with Crippen LogP contribution in [0.3, 0.4) is 0 Å². The van der Waals surface area contributed by atoms with E-state index in [9.17, 15) is 20.4 Å². The van der Waals surface area contributed by atoms with Gasteiger partial charge in [0.15, 0.2) is 0 Å². The first-order valence-corrected chi connectivity index (χ1v) is 19.2. The fourth-order valence-electron chi connectivity index (χ4n) is 5.93. The quantitative estimate of drug-likeness (QED) is 0.0582. The molecule has 0 fully saturated rings. The molecule has 0 saturated carbocycles. The van der Waals surface area contributed by atoms with Crippen molar-refractivity contribution < 1.29 is 20.4 Å². The first-order chi connectivity index (χ1) is 21.5. The average molecular weight is 1100 g/mol. The highest BCUT2D eigenvalue weighted by Gasteiger charge is 2.36. The summed E-state index contributed by atoms with van der Waals surface area (Å²) in [6, 6.07) is 24.3. The minimum atomic E-state index is -0.672. The Hall–Kier alpha value is -1.08. The minimum absolute atomic E-state index is 0.142. The molecule has 5 aromatic rings.